The van der Waals surface area contributed by atoms with Crippen molar-refractivity contribution in [3.63, 3.8) is 0 Å². The lowest BCUT2D eigenvalue weighted by molar-refractivity contribution is 0.102. The van der Waals surface area contributed by atoms with Crippen molar-refractivity contribution in [3.05, 3.63) is 51.9 Å². The average molecular weight is 543 g/mol. The molecule has 2 saturated carbocycles. The number of sulfonamides is 1. The normalized spacial score (nSPS) is 19.4. The fraction of sp³-hybridized carbons (Fsp3) is 0.571. The topological polar surface area (TPSA) is 121 Å². The van der Waals surface area contributed by atoms with Crippen molar-refractivity contribution in [1.29, 1.82) is 0 Å². The highest BCUT2D eigenvalue weighted by Gasteiger charge is 2.44. The van der Waals surface area contributed by atoms with Gasteiger partial charge in [0, 0.05) is 24.8 Å². The summed E-state index contributed by atoms with van der Waals surface area (Å²) in [6, 6.07) is 8.54. The van der Waals surface area contributed by atoms with E-state index in [4.69, 9.17) is 5.11 Å². The summed E-state index contributed by atoms with van der Waals surface area (Å²) >= 11 is 0. The predicted octanol–water partition coefficient (Wildman–Crippen LogP) is 4.03. The van der Waals surface area contributed by atoms with Gasteiger partial charge in [0.05, 0.1) is 29.3 Å². The number of benzene rings is 1. The quantitative estimate of drug-likeness (QED) is 0.463. The van der Waals surface area contributed by atoms with Crippen LogP contribution in [0.15, 0.2) is 35.1 Å². The summed E-state index contributed by atoms with van der Waals surface area (Å²) in [7, 11) is -3.71. The Hall–Kier alpha value is -2.85. The molecular weight excluding hydrogens is 504 g/mol. The average Bonchev–Trinajstić information content (AvgIpc) is 3.65. The van der Waals surface area contributed by atoms with Gasteiger partial charge in [0.15, 0.2) is 0 Å². The molecule has 3 N–H and O–H groups in total. The Balaban J connectivity index is 1.43. The van der Waals surface area contributed by atoms with Crippen molar-refractivity contribution < 1.29 is 18.3 Å². The minimum absolute atomic E-state index is 0.151. The predicted molar refractivity (Wildman–Crippen MR) is 150 cm³/mol. The SMILES string of the molecule is Cc1ccc(NC(=O)c2ccc(NS(=O)(=O)CCO)cc2N2CCC3(CC2)CC3)c(=O)n1C1CCCCC1. The third-order valence-corrected chi connectivity index (χ3v) is 9.77. The number of aliphatic hydroxyl groups is 1. The van der Waals surface area contributed by atoms with Gasteiger partial charge in [0.25, 0.3) is 11.5 Å². The van der Waals surface area contributed by atoms with Crippen molar-refractivity contribution in [2.24, 2.45) is 5.41 Å². The molecule has 1 aromatic carbocycles. The number of carbonyl (C=O) groups excluding carboxylic acids is 1. The summed E-state index contributed by atoms with van der Waals surface area (Å²) in [5.74, 6) is -0.801. The number of aromatic nitrogens is 1. The van der Waals surface area contributed by atoms with Crippen LogP contribution in [0.1, 0.15) is 79.9 Å². The molecule has 1 spiro atoms. The van der Waals surface area contributed by atoms with E-state index in [0.29, 0.717) is 22.4 Å². The van der Waals surface area contributed by atoms with Crippen LogP contribution < -0.4 is 20.5 Å². The second-order valence-corrected chi connectivity index (χ2v) is 13.0. The summed E-state index contributed by atoms with van der Waals surface area (Å²) in [6.45, 7) is 3.02. The number of hydrogen-bond acceptors (Lipinski definition) is 6. The fourth-order valence-electron chi connectivity index (χ4n) is 6.02. The Kier molecular flexibility index (Phi) is 7.55. The number of nitrogens with one attached hydrogen (secondary N) is 2. The van der Waals surface area contributed by atoms with Crippen LogP contribution in [0.3, 0.4) is 0 Å². The van der Waals surface area contributed by atoms with Crippen molar-refractivity contribution >= 4 is 33.0 Å². The smallest absolute Gasteiger partial charge is 0.274 e. The van der Waals surface area contributed by atoms with Crippen LogP contribution in [0.25, 0.3) is 0 Å². The van der Waals surface area contributed by atoms with Crippen LogP contribution in [-0.4, -0.2) is 49.4 Å². The number of hydrogen-bond donors (Lipinski definition) is 3. The van der Waals surface area contributed by atoms with Gasteiger partial charge in [-0.25, -0.2) is 8.42 Å². The molecule has 1 aliphatic heterocycles. The number of anilines is 3. The summed E-state index contributed by atoms with van der Waals surface area (Å²) in [5, 5.41) is 11.9. The highest BCUT2D eigenvalue weighted by molar-refractivity contribution is 7.92. The van der Waals surface area contributed by atoms with Crippen LogP contribution in [0, 0.1) is 12.3 Å². The Morgan fingerprint density at radius 2 is 1.76 bits per heavy atom. The zero-order valence-corrected chi connectivity index (χ0v) is 22.9. The van der Waals surface area contributed by atoms with E-state index in [1.54, 1.807) is 24.3 Å². The molecule has 9 nitrogen and oxygen atoms in total. The van der Waals surface area contributed by atoms with Crippen molar-refractivity contribution in [1.82, 2.24) is 4.57 Å². The van der Waals surface area contributed by atoms with E-state index >= 15 is 0 Å². The molecule has 5 rings (SSSR count). The van der Waals surface area contributed by atoms with Gasteiger partial charge in [-0.3, -0.25) is 14.3 Å². The van der Waals surface area contributed by atoms with Crippen LogP contribution in [0.4, 0.5) is 17.1 Å². The third kappa shape index (κ3) is 5.76. The number of piperidine rings is 1. The number of aliphatic hydroxyl groups excluding tert-OH is 1. The van der Waals surface area contributed by atoms with Crippen LogP contribution in [0.5, 0.6) is 0 Å². The molecule has 1 aromatic heterocycles. The van der Waals surface area contributed by atoms with Crippen molar-refractivity contribution in [2.75, 3.05) is 40.4 Å². The van der Waals surface area contributed by atoms with Gasteiger partial charge in [-0.15, -0.1) is 0 Å². The number of aryl methyl sites for hydroxylation is 1. The van der Waals surface area contributed by atoms with E-state index < -0.39 is 28.3 Å². The Labute approximate surface area is 224 Å². The highest BCUT2D eigenvalue weighted by atomic mass is 32.2. The zero-order valence-electron chi connectivity index (χ0n) is 22.0. The van der Waals surface area contributed by atoms with Crippen LogP contribution in [0.2, 0.25) is 0 Å². The minimum Gasteiger partial charge on any atom is -0.395 e. The van der Waals surface area contributed by atoms with Gasteiger partial charge in [-0.2, -0.15) is 0 Å². The largest absolute Gasteiger partial charge is 0.395 e. The fourth-order valence-corrected chi connectivity index (χ4v) is 6.85. The first-order valence-electron chi connectivity index (χ1n) is 13.7. The van der Waals surface area contributed by atoms with Gasteiger partial charge in [-0.1, -0.05) is 19.3 Å². The van der Waals surface area contributed by atoms with Gasteiger partial charge in [-0.05, 0) is 81.2 Å². The van der Waals surface area contributed by atoms with Gasteiger partial charge in [0.1, 0.15) is 5.69 Å². The number of rotatable bonds is 8. The number of carbonyl (C=O) groups is 1. The molecule has 0 atom stereocenters. The maximum Gasteiger partial charge on any atom is 0.274 e. The second-order valence-electron chi connectivity index (χ2n) is 11.2. The molecule has 0 radical (unpaired) electrons. The Bertz CT molecular complexity index is 1350. The lowest BCUT2D eigenvalue weighted by atomic mass is 9.93. The standard InChI is InChI=1S/C28H38N4O5S/c1-20-7-10-24(27(35)32(20)22-5-3-2-4-6-22)29-26(34)23-9-8-21(30-38(36,37)18-17-33)19-25(23)31-15-13-28(11-12-28)14-16-31/h7-10,19,22,30,33H,2-6,11-18H2,1H3,(H,29,34). The van der Waals surface area contributed by atoms with Crippen molar-refractivity contribution in [3.8, 4) is 0 Å². The van der Waals surface area contributed by atoms with Gasteiger partial charge in [0.2, 0.25) is 10.0 Å². The van der Waals surface area contributed by atoms with Crippen molar-refractivity contribution in [2.45, 2.75) is 70.8 Å². The number of nitrogens with zero attached hydrogens (tertiary/aromatic N) is 2. The molecule has 1 saturated heterocycles. The molecule has 2 aliphatic carbocycles. The van der Waals surface area contributed by atoms with Crippen LogP contribution in [-0.2, 0) is 10.0 Å². The molecule has 10 heteroatoms. The first-order valence-corrected chi connectivity index (χ1v) is 15.4. The lowest BCUT2D eigenvalue weighted by Crippen LogP contribution is -2.36. The molecular formula is C28H38N4O5S. The van der Waals surface area contributed by atoms with E-state index in [1.165, 1.54) is 19.3 Å². The third-order valence-electron chi connectivity index (χ3n) is 8.51. The first-order chi connectivity index (χ1) is 18.2. The Morgan fingerprint density at radius 3 is 2.42 bits per heavy atom. The monoisotopic (exact) mass is 542 g/mol. The molecule has 38 heavy (non-hydrogen) atoms. The van der Waals surface area contributed by atoms with Crippen LogP contribution >= 0.6 is 0 Å². The van der Waals surface area contributed by atoms with Gasteiger partial charge >= 0.3 is 0 Å². The highest BCUT2D eigenvalue weighted by Crippen LogP contribution is 2.54. The van der Waals surface area contributed by atoms with E-state index in [1.807, 2.05) is 17.6 Å². The first kappa shape index (κ1) is 26.7. The number of amides is 1. The van der Waals surface area contributed by atoms with E-state index in [0.717, 1.165) is 57.3 Å². The molecule has 0 bridgehead atoms. The van der Waals surface area contributed by atoms with E-state index in [-0.39, 0.29) is 17.3 Å². The minimum atomic E-state index is -3.71. The molecule has 3 aliphatic rings. The molecule has 2 heterocycles. The molecule has 206 valence electrons. The molecule has 3 fully saturated rings. The zero-order chi connectivity index (χ0) is 26.9. The van der Waals surface area contributed by atoms with E-state index in [2.05, 4.69) is 14.9 Å². The number of pyridine rings is 1. The second kappa shape index (κ2) is 10.7. The molecule has 0 unspecified atom stereocenters. The lowest BCUT2D eigenvalue weighted by Gasteiger charge is -2.35. The maximum absolute atomic E-state index is 13.6. The summed E-state index contributed by atoms with van der Waals surface area (Å²) < 4.78 is 28.9. The molecule has 2 aromatic rings. The summed E-state index contributed by atoms with van der Waals surface area (Å²) in [6.07, 6.45) is 9.89. The van der Waals surface area contributed by atoms with E-state index in [9.17, 15) is 18.0 Å². The summed E-state index contributed by atoms with van der Waals surface area (Å²) in [5.41, 5.74) is 2.77. The molecule has 1 amide bonds. The maximum atomic E-state index is 13.6. The Morgan fingerprint density at radius 1 is 1.05 bits per heavy atom. The van der Waals surface area contributed by atoms with Gasteiger partial charge < -0.3 is 19.9 Å². The summed E-state index contributed by atoms with van der Waals surface area (Å²) in [4.78, 5) is 29.2.